The lowest BCUT2D eigenvalue weighted by atomic mass is 9.98. The van der Waals surface area contributed by atoms with Crippen LogP contribution in [0.1, 0.15) is 226 Å². The summed E-state index contributed by atoms with van der Waals surface area (Å²) in [6.45, 7) is 3.44. The summed E-state index contributed by atoms with van der Waals surface area (Å²) in [5, 5.41) is 75.8. The smallest absolute Gasteiger partial charge is 0.249 e. The monoisotopic (exact) mass is 884 g/mol. The zero-order valence-corrected chi connectivity index (χ0v) is 39.6. The molecule has 0 radical (unpaired) electrons. The summed E-state index contributed by atoms with van der Waals surface area (Å²) < 4.78 is 11.1. The molecule has 1 fully saturated rings. The number of amides is 1. The average molecular weight is 884 g/mol. The van der Waals surface area contributed by atoms with Crippen LogP contribution in [0, 0.1) is 0 Å². The number of hydrogen-bond acceptors (Lipinski definition) is 10. The van der Waals surface area contributed by atoms with Gasteiger partial charge in [-0.2, -0.15) is 0 Å². The largest absolute Gasteiger partial charge is 0.394 e. The Kier molecular flexibility index (Phi) is 38.8. The molecule has 1 heterocycles. The molecule has 0 aromatic rings. The van der Waals surface area contributed by atoms with Gasteiger partial charge in [0.1, 0.15) is 36.6 Å². The standard InChI is InChI=1S/C51H97NO10/c1-3-5-7-9-11-13-15-17-19-21-22-23-25-27-29-31-33-35-37-39-44(55)50(60)52-42(41-61-51-49(59)48(58)47(57)45(40-53)62-51)46(56)43(54)38-36-34-32-30-28-26-24-20-18-16-14-12-10-8-6-4-2/h22-23,30,32,42-49,51,53-59H,3-21,24-29,31,33-41H2,1-2H3,(H,52,60)/b23-22-,32-30+. The highest BCUT2D eigenvalue weighted by atomic mass is 16.7. The number of rotatable bonds is 43. The van der Waals surface area contributed by atoms with E-state index in [0.29, 0.717) is 12.8 Å². The summed E-state index contributed by atoms with van der Waals surface area (Å²) in [6, 6.07) is -1.18. The van der Waals surface area contributed by atoms with E-state index in [1.807, 2.05) is 0 Å². The molecule has 1 rings (SSSR count). The van der Waals surface area contributed by atoms with E-state index in [1.54, 1.807) is 0 Å². The lowest BCUT2D eigenvalue weighted by Crippen LogP contribution is -2.60. The molecule has 366 valence electrons. The maximum absolute atomic E-state index is 13.1. The zero-order chi connectivity index (χ0) is 45.5. The van der Waals surface area contributed by atoms with Gasteiger partial charge in [-0.15, -0.1) is 0 Å². The van der Waals surface area contributed by atoms with Crippen LogP contribution in [0.5, 0.6) is 0 Å². The fourth-order valence-electron chi connectivity index (χ4n) is 8.20. The highest BCUT2D eigenvalue weighted by molar-refractivity contribution is 5.80. The maximum Gasteiger partial charge on any atom is 0.249 e. The second kappa shape index (κ2) is 41.1. The van der Waals surface area contributed by atoms with Crippen molar-refractivity contribution in [2.24, 2.45) is 0 Å². The first-order valence-corrected chi connectivity index (χ1v) is 25.7. The van der Waals surface area contributed by atoms with Crippen molar-refractivity contribution < 1.29 is 50.0 Å². The third-order valence-corrected chi connectivity index (χ3v) is 12.5. The molecule has 9 unspecified atom stereocenters. The summed E-state index contributed by atoms with van der Waals surface area (Å²) in [6.07, 6.45) is 35.1. The van der Waals surface area contributed by atoms with Crippen LogP contribution in [0.25, 0.3) is 0 Å². The van der Waals surface area contributed by atoms with Gasteiger partial charge < -0.3 is 50.5 Å². The molecule has 9 atom stereocenters. The molecular formula is C51H97NO10. The first kappa shape index (κ1) is 58.6. The number of allylic oxidation sites excluding steroid dienone is 4. The van der Waals surface area contributed by atoms with E-state index in [4.69, 9.17) is 9.47 Å². The van der Waals surface area contributed by atoms with E-state index < -0.39 is 74.2 Å². The van der Waals surface area contributed by atoms with Crippen molar-refractivity contribution in [1.82, 2.24) is 5.32 Å². The van der Waals surface area contributed by atoms with E-state index in [0.717, 1.165) is 57.8 Å². The molecule has 0 bridgehead atoms. The van der Waals surface area contributed by atoms with Gasteiger partial charge in [0.15, 0.2) is 6.29 Å². The van der Waals surface area contributed by atoms with E-state index >= 15 is 0 Å². The topological polar surface area (TPSA) is 189 Å². The summed E-state index contributed by atoms with van der Waals surface area (Å²) in [5.74, 6) is -0.710. The van der Waals surface area contributed by atoms with Gasteiger partial charge in [0, 0.05) is 0 Å². The normalized spacial score (nSPS) is 21.5. The van der Waals surface area contributed by atoms with Crippen molar-refractivity contribution in [3.63, 3.8) is 0 Å². The molecule has 11 nitrogen and oxygen atoms in total. The Hall–Kier alpha value is -1.41. The van der Waals surface area contributed by atoms with Crippen molar-refractivity contribution in [2.75, 3.05) is 13.2 Å². The third-order valence-electron chi connectivity index (χ3n) is 12.5. The van der Waals surface area contributed by atoms with Gasteiger partial charge in [0.05, 0.1) is 25.4 Å². The number of aliphatic hydroxyl groups is 7. The minimum atomic E-state index is -1.67. The fourth-order valence-corrected chi connectivity index (χ4v) is 8.20. The molecule has 0 aromatic heterocycles. The first-order valence-electron chi connectivity index (χ1n) is 25.7. The number of carbonyl (C=O) groups is 1. The van der Waals surface area contributed by atoms with Crippen molar-refractivity contribution in [1.29, 1.82) is 0 Å². The second-order valence-electron chi connectivity index (χ2n) is 18.2. The average Bonchev–Trinajstić information content (AvgIpc) is 3.27. The van der Waals surface area contributed by atoms with Crippen LogP contribution >= 0.6 is 0 Å². The van der Waals surface area contributed by atoms with Gasteiger partial charge >= 0.3 is 0 Å². The van der Waals surface area contributed by atoms with Crippen molar-refractivity contribution in [3.05, 3.63) is 24.3 Å². The summed E-state index contributed by atoms with van der Waals surface area (Å²) in [5.41, 5.74) is 0. The van der Waals surface area contributed by atoms with Crippen LogP contribution in [0.3, 0.4) is 0 Å². The number of hydrogen-bond donors (Lipinski definition) is 8. The molecule has 0 spiro atoms. The Morgan fingerprint density at radius 2 is 0.952 bits per heavy atom. The molecule has 1 aliphatic rings. The molecule has 0 aliphatic carbocycles. The highest BCUT2D eigenvalue weighted by Gasteiger charge is 2.44. The Balaban J connectivity index is 2.42. The lowest BCUT2D eigenvalue weighted by molar-refractivity contribution is -0.303. The van der Waals surface area contributed by atoms with Gasteiger partial charge in [-0.05, 0) is 64.2 Å². The molecule has 8 N–H and O–H groups in total. The molecule has 1 aliphatic heterocycles. The predicted molar refractivity (Wildman–Crippen MR) is 252 cm³/mol. The summed E-state index contributed by atoms with van der Waals surface area (Å²) in [4.78, 5) is 13.1. The van der Waals surface area contributed by atoms with Crippen LogP contribution < -0.4 is 5.32 Å². The van der Waals surface area contributed by atoms with Crippen molar-refractivity contribution >= 4 is 5.91 Å². The van der Waals surface area contributed by atoms with Crippen LogP contribution in [0.2, 0.25) is 0 Å². The van der Waals surface area contributed by atoms with Crippen LogP contribution in [-0.4, -0.2) is 110 Å². The van der Waals surface area contributed by atoms with Gasteiger partial charge in [0.25, 0.3) is 0 Å². The van der Waals surface area contributed by atoms with Crippen molar-refractivity contribution in [2.45, 2.75) is 281 Å². The Morgan fingerprint density at radius 1 is 0.548 bits per heavy atom. The number of aliphatic hydroxyl groups excluding tert-OH is 7. The Bertz CT molecular complexity index is 1060. The third kappa shape index (κ3) is 29.9. The molecule has 0 aromatic carbocycles. The second-order valence-corrected chi connectivity index (χ2v) is 18.2. The maximum atomic E-state index is 13.1. The SMILES string of the molecule is CCCCCCCCCCC/C=C\CCCCCCCCC(O)C(=O)NC(COC1OC(CO)C(O)C(O)C1O)C(O)C(O)CCC/C=C/CCCCCCCCCCCCC. The van der Waals surface area contributed by atoms with Crippen LogP contribution in [-0.2, 0) is 14.3 Å². The van der Waals surface area contributed by atoms with E-state index in [2.05, 4.69) is 43.5 Å². The predicted octanol–water partition coefficient (Wildman–Crippen LogP) is 9.40. The van der Waals surface area contributed by atoms with Crippen LogP contribution in [0.4, 0.5) is 0 Å². The highest BCUT2D eigenvalue weighted by Crippen LogP contribution is 2.23. The molecule has 1 amide bonds. The zero-order valence-electron chi connectivity index (χ0n) is 39.6. The molecule has 62 heavy (non-hydrogen) atoms. The molecule has 0 saturated carbocycles. The minimum Gasteiger partial charge on any atom is -0.394 e. The molecule has 11 heteroatoms. The lowest BCUT2D eigenvalue weighted by Gasteiger charge is -2.40. The Labute approximate surface area is 378 Å². The Morgan fingerprint density at radius 3 is 1.39 bits per heavy atom. The van der Waals surface area contributed by atoms with E-state index in [-0.39, 0.29) is 12.8 Å². The van der Waals surface area contributed by atoms with Crippen molar-refractivity contribution in [3.8, 4) is 0 Å². The van der Waals surface area contributed by atoms with Gasteiger partial charge in [-0.1, -0.05) is 186 Å². The first-order chi connectivity index (χ1) is 30.2. The molecule has 1 saturated heterocycles. The fraction of sp³-hybridized carbons (Fsp3) is 0.902. The number of carbonyl (C=O) groups excluding carboxylic acids is 1. The van der Waals surface area contributed by atoms with Gasteiger partial charge in [-0.25, -0.2) is 0 Å². The quantitative estimate of drug-likeness (QED) is 0.0216. The van der Waals surface area contributed by atoms with Crippen LogP contribution in [0.15, 0.2) is 24.3 Å². The molecular weight excluding hydrogens is 787 g/mol. The summed E-state index contributed by atoms with van der Waals surface area (Å²) in [7, 11) is 0. The number of nitrogens with one attached hydrogen (secondary N) is 1. The van der Waals surface area contributed by atoms with Gasteiger partial charge in [-0.3, -0.25) is 4.79 Å². The van der Waals surface area contributed by atoms with E-state index in [1.165, 1.54) is 128 Å². The number of ether oxygens (including phenoxy) is 2. The summed E-state index contributed by atoms with van der Waals surface area (Å²) >= 11 is 0. The van der Waals surface area contributed by atoms with Gasteiger partial charge in [0.2, 0.25) is 5.91 Å². The number of unbranched alkanes of at least 4 members (excludes halogenated alkanes) is 27. The van der Waals surface area contributed by atoms with E-state index in [9.17, 15) is 40.5 Å². The minimum absolute atomic E-state index is 0.248.